The van der Waals surface area contributed by atoms with Crippen LogP contribution >= 0.6 is 11.8 Å². The maximum atomic E-state index is 4.11. The van der Waals surface area contributed by atoms with Crippen molar-refractivity contribution in [2.24, 2.45) is 0 Å². The molecule has 0 fully saturated rings. The molecule has 1 aliphatic rings. The molecule has 0 aliphatic heterocycles. The highest BCUT2D eigenvalue weighted by Crippen LogP contribution is 2.28. The molecule has 0 bridgehead atoms. The van der Waals surface area contributed by atoms with Crippen LogP contribution in [0.4, 0.5) is 0 Å². The summed E-state index contributed by atoms with van der Waals surface area (Å²) in [6.45, 7) is 6.00. The van der Waals surface area contributed by atoms with Crippen molar-refractivity contribution in [2.75, 3.05) is 6.54 Å². The van der Waals surface area contributed by atoms with Crippen molar-refractivity contribution in [3.8, 4) is 0 Å². The fourth-order valence-corrected chi connectivity index (χ4v) is 2.97. The van der Waals surface area contributed by atoms with E-state index in [1.807, 2.05) is 4.68 Å². The van der Waals surface area contributed by atoms with Gasteiger partial charge in [-0.2, -0.15) is 0 Å². The van der Waals surface area contributed by atoms with Crippen LogP contribution in [0.3, 0.4) is 0 Å². The first kappa shape index (κ1) is 13.5. The molecular weight excluding hydrogens is 246 g/mol. The number of allylic oxidation sites excluding steroid dienone is 1. The Morgan fingerprint density at radius 2 is 2.44 bits per heavy atom. The number of hydrogen-bond donors (Lipinski definition) is 1. The summed E-state index contributed by atoms with van der Waals surface area (Å²) in [5.74, 6) is 0. The summed E-state index contributed by atoms with van der Waals surface area (Å²) in [5, 5.41) is 16.8. The molecule has 0 saturated carbocycles. The number of tetrazole rings is 1. The molecule has 1 aliphatic carbocycles. The highest BCUT2D eigenvalue weighted by Gasteiger charge is 2.14. The normalized spacial score (nSPS) is 19.6. The van der Waals surface area contributed by atoms with E-state index in [1.165, 1.54) is 19.3 Å². The van der Waals surface area contributed by atoms with Crippen molar-refractivity contribution in [1.82, 2.24) is 25.5 Å². The van der Waals surface area contributed by atoms with Gasteiger partial charge in [-0.05, 0) is 29.7 Å². The second-order valence-corrected chi connectivity index (χ2v) is 6.02. The first-order chi connectivity index (χ1) is 8.75. The molecule has 1 N–H and O–H groups in total. The monoisotopic (exact) mass is 267 g/mol. The third-order valence-electron chi connectivity index (χ3n) is 2.84. The van der Waals surface area contributed by atoms with Crippen molar-refractivity contribution in [3.63, 3.8) is 0 Å². The van der Waals surface area contributed by atoms with Gasteiger partial charge in [-0.15, -0.1) is 5.10 Å². The van der Waals surface area contributed by atoms with E-state index < -0.39 is 0 Å². The molecule has 18 heavy (non-hydrogen) atoms. The van der Waals surface area contributed by atoms with Gasteiger partial charge in [0.1, 0.15) is 0 Å². The lowest BCUT2D eigenvalue weighted by molar-refractivity contribution is 0.484. The summed E-state index contributed by atoms with van der Waals surface area (Å²) in [6, 6.07) is 0.499. The molecule has 0 spiro atoms. The Balaban J connectivity index is 1.86. The Morgan fingerprint density at radius 1 is 1.56 bits per heavy atom. The predicted octanol–water partition coefficient (Wildman–Crippen LogP) is 1.87. The summed E-state index contributed by atoms with van der Waals surface area (Å²) < 4.78 is 1.89. The van der Waals surface area contributed by atoms with Crippen molar-refractivity contribution >= 4 is 11.8 Å². The van der Waals surface area contributed by atoms with Crippen LogP contribution in [0, 0.1) is 0 Å². The van der Waals surface area contributed by atoms with Crippen molar-refractivity contribution < 1.29 is 0 Å². The minimum Gasteiger partial charge on any atom is -0.313 e. The Morgan fingerprint density at radius 3 is 3.17 bits per heavy atom. The molecule has 0 aromatic carbocycles. The third kappa shape index (κ3) is 4.10. The zero-order valence-electron chi connectivity index (χ0n) is 11.0. The van der Waals surface area contributed by atoms with Gasteiger partial charge in [-0.25, -0.2) is 4.68 Å². The van der Waals surface area contributed by atoms with Crippen LogP contribution in [0.25, 0.3) is 0 Å². The van der Waals surface area contributed by atoms with E-state index in [0.29, 0.717) is 11.3 Å². The largest absolute Gasteiger partial charge is 0.313 e. The van der Waals surface area contributed by atoms with Crippen LogP contribution in [-0.2, 0) is 6.54 Å². The van der Waals surface area contributed by atoms with Gasteiger partial charge in [0.15, 0.2) is 0 Å². The van der Waals surface area contributed by atoms with Gasteiger partial charge in [0, 0.05) is 17.8 Å². The maximum absolute atomic E-state index is 4.11. The van der Waals surface area contributed by atoms with Crippen LogP contribution in [0.1, 0.15) is 33.1 Å². The first-order valence-electron chi connectivity index (χ1n) is 6.58. The lowest BCUT2D eigenvalue weighted by Gasteiger charge is -2.15. The molecule has 0 radical (unpaired) electrons. The number of rotatable bonds is 6. The average molecular weight is 267 g/mol. The van der Waals surface area contributed by atoms with E-state index >= 15 is 0 Å². The SMILES string of the molecule is CC(C)NCCn1nnnc1SC1C=CCCC1. The van der Waals surface area contributed by atoms with Gasteiger partial charge in [-0.3, -0.25) is 0 Å². The lowest BCUT2D eigenvalue weighted by atomic mass is 10.1. The summed E-state index contributed by atoms with van der Waals surface area (Å²) in [6.07, 6.45) is 8.23. The zero-order chi connectivity index (χ0) is 12.8. The molecular formula is C12H21N5S. The smallest absolute Gasteiger partial charge is 0.209 e. The second kappa shape index (κ2) is 6.89. The molecule has 6 heteroatoms. The van der Waals surface area contributed by atoms with Crippen LogP contribution in [0.2, 0.25) is 0 Å². The van der Waals surface area contributed by atoms with Gasteiger partial charge in [-0.1, -0.05) is 37.8 Å². The van der Waals surface area contributed by atoms with Gasteiger partial charge in [0.2, 0.25) is 5.16 Å². The zero-order valence-corrected chi connectivity index (χ0v) is 11.9. The van der Waals surface area contributed by atoms with Crippen molar-refractivity contribution in [3.05, 3.63) is 12.2 Å². The predicted molar refractivity (Wildman–Crippen MR) is 73.6 cm³/mol. The number of nitrogens with one attached hydrogen (secondary N) is 1. The number of nitrogens with zero attached hydrogens (tertiary/aromatic N) is 4. The minimum absolute atomic E-state index is 0.499. The van der Waals surface area contributed by atoms with Crippen molar-refractivity contribution in [1.29, 1.82) is 0 Å². The lowest BCUT2D eigenvalue weighted by Crippen LogP contribution is -2.27. The molecule has 5 nitrogen and oxygen atoms in total. The molecule has 1 heterocycles. The second-order valence-electron chi connectivity index (χ2n) is 4.81. The fraction of sp³-hybridized carbons (Fsp3) is 0.750. The standard InChI is InChI=1S/C12H21N5S/c1-10(2)13-8-9-17-12(14-15-16-17)18-11-6-4-3-5-7-11/h4,6,10-11,13H,3,5,7-9H2,1-2H3. The molecule has 0 amide bonds. The van der Waals surface area contributed by atoms with Crippen LogP contribution < -0.4 is 5.32 Å². The molecule has 1 aromatic heterocycles. The maximum Gasteiger partial charge on any atom is 0.209 e. The summed E-state index contributed by atoms with van der Waals surface area (Å²) >= 11 is 1.77. The number of aromatic nitrogens is 4. The molecule has 1 unspecified atom stereocenters. The van der Waals surface area contributed by atoms with E-state index in [-0.39, 0.29) is 0 Å². The summed E-state index contributed by atoms with van der Waals surface area (Å²) in [5.41, 5.74) is 0. The van der Waals surface area contributed by atoms with E-state index in [9.17, 15) is 0 Å². The minimum atomic E-state index is 0.499. The van der Waals surface area contributed by atoms with Gasteiger partial charge >= 0.3 is 0 Å². The summed E-state index contributed by atoms with van der Waals surface area (Å²) in [7, 11) is 0. The van der Waals surface area contributed by atoms with Crippen LogP contribution in [-0.4, -0.2) is 38.0 Å². The van der Waals surface area contributed by atoms with Crippen LogP contribution in [0.5, 0.6) is 0 Å². The number of thioether (sulfide) groups is 1. The van der Waals surface area contributed by atoms with Crippen LogP contribution in [0.15, 0.2) is 17.3 Å². The Hall–Kier alpha value is -0.880. The third-order valence-corrected chi connectivity index (χ3v) is 4.04. The summed E-state index contributed by atoms with van der Waals surface area (Å²) in [4.78, 5) is 0. The van der Waals surface area contributed by atoms with E-state index in [2.05, 4.69) is 46.8 Å². The van der Waals surface area contributed by atoms with Crippen molar-refractivity contribution in [2.45, 2.75) is 56.1 Å². The van der Waals surface area contributed by atoms with Gasteiger partial charge < -0.3 is 5.32 Å². The Kier molecular flexibility index (Phi) is 5.19. The quantitative estimate of drug-likeness (QED) is 0.797. The van der Waals surface area contributed by atoms with Gasteiger partial charge in [0.25, 0.3) is 0 Å². The molecule has 2 rings (SSSR count). The van der Waals surface area contributed by atoms with Gasteiger partial charge in [0.05, 0.1) is 6.54 Å². The molecule has 1 atom stereocenters. The van der Waals surface area contributed by atoms with E-state index in [1.54, 1.807) is 11.8 Å². The Bertz CT molecular complexity index is 388. The first-order valence-corrected chi connectivity index (χ1v) is 7.46. The number of hydrogen-bond acceptors (Lipinski definition) is 5. The fourth-order valence-electron chi connectivity index (χ4n) is 1.90. The topological polar surface area (TPSA) is 55.6 Å². The molecule has 100 valence electrons. The highest BCUT2D eigenvalue weighted by molar-refractivity contribution is 7.99. The van der Waals surface area contributed by atoms with E-state index in [0.717, 1.165) is 18.2 Å². The van der Waals surface area contributed by atoms with E-state index in [4.69, 9.17) is 0 Å². The highest BCUT2D eigenvalue weighted by atomic mass is 32.2. The molecule has 1 aromatic rings. The molecule has 0 saturated heterocycles. The Labute approximate surface area is 112 Å². The average Bonchev–Trinajstić information content (AvgIpc) is 2.78.